The maximum Gasteiger partial charge on any atom is 0.0461 e. The lowest BCUT2D eigenvalue weighted by atomic mass is 10.0. The van der Waals surface area contributed by atoms with Gasteiger partial charge in [-0.1, -0.05) is 153 Å². The summed E-state index contributed by atoms with van der Waals surface area (Å²) < 4.78 is 0. The minimum Gasteiger partial charge on any atom is -0.338 e. The SMILES string of the molecule is C=C(/C=C\C(=C/C)N(c1ccccc1)c1ccc(CCC/C(=C\C)N(c2cccc(C)c2)c2cccc(C)c2)cc1)C(=C)CC/C(=C\C)N(c1ccccc1)c1ccc(/C(C)=C/CC(C)N(c2cccc(C)c2)c2cccc(C)c2)cc1. The van der Waals surface area contributed by atoms with E-state index in [-0.39, 0.29) is 6.04 Å². The lowest BCUT2D eigenvalue weighted by Gasteiger charge is -2.32. The van der Waals surface area contributed by atoms with Crippen molar-refractivity contribution in [2.75, 3.05) is 19.6 Å². The largest absolute Gasteiger partial charge is 0.338 e. The van der Waals surface area contributed by atoms with E-state index >= 15 is 0 Å². The van der Waals surface area contributed by atoms with Crippen LogP contribution in [0.5, 0.6) is 0 Å². The minimum absolute atomic E-state index is 0.245. The van der Waals surface area contributed by atoms with E-state index in [1.807, 2.05) is 0 Å². The van der Waals surface area contributed by atoms with Gasteiger partial charge in [0.1, 0.15) is 0 Å². The van der Waals surface area contributed by atoms with Crippen molar-refractivity contribution in [3.63, 3.8) is 0 Å². The van der Waals surface area contributed by atoms with E-state index in [1.54, 1.807) is 0 Å². The second-order valence-electron chi connectivity index (χ2n) is 21.7. The van der Waals surface area contributed by atoms with Crippen LogP contribution in [0, 0.1) is 27.7 Å². The topological polar surface area (TPSA) is 13.0 Å². The number of para-hydroxylation sites is 2. The summed E-state index contributed by atoms with van der Waals surface area (Å²) in [4.78, 5) is 9.60. The highest BCUT2D eigenvalue weighted by atomic mass is 15.2. The summed E-state index contributed by atoms with van der Waals surface area (Å²) in [7, 11) is 0. The van der Waals surface area contributed by atoms with Gasteiger partial charge in [-0.05, 0) is 254 Å². The number of anilines is 8. The van der Waals surface area contributed by atoms with Gasteiger partial charge in [-0.15, -0.1) is 0 Å². The molecule has 8 rings (SSSR count). The van der Waals surface area contributed by atoms with Crippen LogP contribution in [-0.4, -0.2) is 6.04 Å². The van der Waals surface area contributed by atoms with E-state index in [4.69, 9.17) is 0 Å². The fraction of sp³-hybridized carbons (Fsp3) is 0.205. The van der Waals surface area contributed by atoms with Crippen LogP contribution in [-0.2, 0) is 6.42 Å². The maximum atomic E-state index is 4.60. The third-order valence-electron chi connectivity index (χ3n) is 15.4. The molecule has 0 saturated heterocycles. The highest BCUT2D eigenvalue weighted by Crippen LogP contribution is 2.38. The van der Waals surface area contributed by atoms with Gasteiger partial charge in [0.25, 0.3) is 0 Å². The molecule has 0 aliphatic heterocycles. The summed E-state index contributed by atoms with van der Waals surface area (Å²) in [6, 6.07) is 75.0. The molecule has 82 heavy (non-hydrogen) atoms. The van der Waals surface area contributed by atoms with Crippen molar-refractivity contribution in [3.05, 3.63) is 317 Å². The van der Waals surface area contributed by atoms with Crippen LogP contribution >= 0.6 is 0 Å². The predicted octanol–water partition coefficient (Wildman–Crippen LogP) is 22.2. The molecular formula is C78H84N4. The predicted molar refractivity (Wildman–Crippen MR) is 358 cm³/mol. The van der Waals surface area contributed by atoms with E-state index in [2.05, 4.69) is 338 Å². The average Bonchev–Trinajstić information content (AvgIpc) is 3.53. The standard InChI is InChI=1S/C78H84N4/c1-12-68(82(77-38-23-28-60(6)56-77)78-39-24-29-61(7)57-78)35-25-30-66-44-50-73(51-45-66)80(71-31-17-15-18-32-71)69(13-2)48-41-62(8)63(9)42-49-70(14-3)81(72-33-19-16-20-34-72)74-52-46-67(47-53-74)64(10)40-43-65(11)79(75-36-21-26-58(4)54-75)76-37-22-27-59(5)55-76/h12-24,26-29,31-34,36-41,44-48,50-57,65H,8-9,25,30,35,42-43,49H2,1-7,10-11H3/b48-41-,64-40+,68-12+,69-13+,70-14+. The van der Waals surface area contributed by atoms with Crippen molar-refractivity contribution < 1.29 is 0 Å². The molecule has 1 atom stereocenters. The quantitative estimate of drug-likeness (QED) is 0.0529. The van der Waals surface area contributed by atoms with E-state index in [0.29, 0.717) is 0 Å². The molecule has 0 heterocycles. The lowest BCUT2D eigenvalue weighted by Crippen LogP contribution is -2.28. The molecule has 0 aliphatic carbocycles. The Bertz CT molecular complexity index is 3470. The smallest absolute Gasteiger partial charge is 0.0461 e. The molecule has 0 bridgehead atoms. The van der Waals surface area contributed by atoms with E-state index in [1.165, 1.54) is 73.1 Å². The highest BCUT2D eigenvalue weighted by molar-refractivity contribution is 5.74. The molecule has 0 amide bonds. The Hall–Kier alpha value is -8.86. The molecule has 4 heteroatoms. The Morgan fingerprint density at radius 3 is 1.37 bits per heavy atom. The Balaban J connectivity index is 0.921. The third-order valence-corrected chi connectivity index (χ3v) is 15.4. The molecule has 0 aliphatic rings. The molecule has 0 saturated carbocycles. The summed E-state index contributed by atoms with van der Waals surface area (Å²) in [6.07, 6.45) is 18.8. The van der Waals surface area contributed by atoms with Gasteiger partial charge in [0, 0.05) is 68.6 Å². The Kier molecular flexibility index (Phi) is 21.0. The van der Waals surface area contributed by atoms with Crippen LogP contribution in [0.3, 0.4) is 0 Å². The van der Waals surface area contributed by atoms with E-state index in [9.17, 15) is 0 Å². The molecule has 8 aromatic rings. The van der Waals surface area contributed by atoms with E-state index < -0.39 is 0 Å². The van der Waals surface area contributed by atoms with Crippen LogP contribution < -0.4 is 19.6 Å². The van der Waals surface area contributed by atoms with Crippen LogP contribution in [0.1, 0.15) is 100 Å². The van der Waals surface area contributed by atoms with Gasteiger partial charge in [-0.2, -0.15) is 0 Å². The Morgan fingerprint density at radius 2 is 0.866 bits per heavy atom. The second kappa shape index (κ2) is 29.0. The second-order valence-corrected chi connectivity index (χ2v) is 21.7. The van der Waals surface area contributed by atoms with Crippen molar-refractivity contribution in [1.82, 2.24) is 0 Å². The molecule has 8 aromatic carbocycles. The van der Waals surface area contributed by atoms with Crippen molar-refractivity contribution >= 4 is 51.1 Å². The van der Waals surface area contributed by atoms with Gasteiger partial charge in [-0.3, -0.25) is 0 Å². The number of nitrogens with zero attached hydrogens (tertiary/aromatic N) is 4. The number of rotatable bonds is 25. The lowest BCUT2D eigenvalue weighted by molar-refractivity contribution is 0.724. The zero-order chi connectivity index (χ0) is 58.0. The van der Waals surface area contributed by atoms with Gasteiger partial charge in [0.2, 0.25) is 0 Å². The van der Waals surface area contributed by atoms with Gasteiger partial charge >= 0.3 is 0 Å². The van der Waals surface area contributed by atoms with Crippen molar-refractivity contribution in [2.24, 2.45) is 0 Å². The molecule has 0 spiro atoms. The first kappa shape index (κ1) is 59.3. The van der Waals surface area contributed by atoms with Crippen molar-refractivity contribution in [2.45, 2.75) is 107 Å². The molecule has 0 fully saturated rings. The van der Waals surface area contributed by atoms with Gasteiger partial charge in [0.05, 0.1) is 0 Å². The van der Waals surface area contributed by atoms with Gasteiger partial charge < -0.3 is 19.6 Å². The number of hydrogen-bond acceptors (Lipinski definition) is 4. The van der Waals surface area contributed by atoms with Crippen LogP contribution in [0.25, 0.3) is 5.57 Å². The molecule has 416 valence electrons. The number of aryl methyl sites for hydroxylation is 5. The number of allylic oxidation sites excluding steroid dienone is 10. The Morgan fingerprint density at radius 1 is 0.439 bits per heavy atom. The molecule has 0 aromatic heterocycles. The van der Waals surface area contributed by atoms with E-state index in [0.717, 1.165) is 78.1 Å². The molecule has 0 N–H and O–H groups in total. The molecule has 1 unspecified atom stereocenters. The zero-order valence-electron chi connectivity index (χ0n) is 50.1. The summed E-state index contributed by atoms with van der Waals surface area (Å²) >= 11 is 0. The normalized spacial score (nSPS) is 12.5. The average molecular weight is 1080 g/mol. The maximum absolute atomic E-state index is 4.60. The third kappa shape index (κ3) is 15.5. The van der Waals surface area contributed by atoms with Crippen LogP contribution in [0.4, 0.5) is 45.5 Å². The summed E-state index contributed by atoms with van der Waals surface area (Å²) in [5.74, 6) is 0. The summed E-state index contributed by atoms with van der Waals surface area (Å²) in [6.45, 7) is 28.8. The monoisotopic (exact) mass is 1080 g/mol. The minimum atomic E-state index is 0.245. The number of hydrogen-bond donors (Lipinski definition) is 0. The first-order valence-electron chi connectivity index (χ1n) is 29.3. The van der Waals surface area contributed by atoms with Crippen molar-refractivity contribution in [1.29, 1.82) is 0 Å². The van der Waals surface area contributed by atoms with Crippen LogP contribution in [0.2, 0.25) is 0 Å². The first-order valence-corrected chi connectivity index (χ1v) is 29.3. The fourth-order valence-corrected chi connectivity index (χ4v) is 10.9. The van der Waals surface area contributed by atoms with Gasteiger partial charge in [-0.25, -0.2) is 0 Å². The first-order chi connectivity index (χ1) is 39.8. The van der Waals surface area contributed by atoms with Crippen LogP contribution in [0.15, 0.2) is 284 Å². The summed E-state index contributed by atoms with van der Waals surface area (Å²) in [5.41, 5.74) is 23.5. The fourth-order valence-electron chi connectivity index (χ4n) is 10.9. The number of benzene rings is 8. The summed E-state index contributed by atoms with van der Waals surface area (Å²) in [5, 5.41) is 0. The Labute approximate surface area is 492 Å². The molecule has 4 nitrogen and oxygen atoms in total. The van der Waals surface area contributed by atoms with Gasteiger partial charge in [0.15, 0.2) is 0 Å². The zero-order valence-corrected chi connectivity index (χ0v) is 50.1. The highest BCUT2D eigenvalue weighted by Gasteiger charge is 2.20. The molecule has 0 radical (unpaired) electrons. The molecular weight excluding hydrogens is 993 g/mol. The van der Waals surface area contributed by atoms with Crippen molar-refractivity contribution in [3.8, 4) is 0 Å².